The van der Waals surface area contributed by atoms with E-state index in [-0.39, 0.29) is 0 Å². The van der Waals surface area contributed by atoms with Crippen molar-refractivity contribution >= 4 is 11.3 Å². The zero-order valence-corrected chi connectivity index (χ0v) is 9.05. The molecule has 0 aromatic heterocycles. The third kappa shape index (κ3) is 2.08. The maximum absolute atomic E-state index is 5.18. The van der Waals surface area contributed by atoms with Crippen molar-refractivity contribution in [2.24, 2.45) is 0 Å². The van der Waals surface area contributed by atoms with Gasteiger partial charge in [0.1, 0.15) is 5.75 Å². The van der Waals surface area contributed by atoms with Crippen LogP contribution in [-0.4, -0.2) is 14.2 Å². The lowest BCUT2D eigenvalue weighted by molar-refractivity contribution is 0.414. The smallest absolute Gasteiger partial charge is 0.119 e. The van der Waals surface area contributed by atoms with Gasteiger partial charge in [-0.05, 0) is 30.2 Å². The number of anilines is 1. The number of rotatable bonds is 4. The van der Waals surface area contributed by atoms with Crippen LogP contribution >= 0.6 is 0 Å². The van der Waals surface area contributed by atoms with Crippen molar-refractivity contribution in [2.75, 3.05) is 19.5 Å². The van der Waals surface area contributed by atoms with Gasteiger partial charge in [-0.3, -0.25) is 0 Å². The highest BCUT2D eigenvalue weighted by atomic mass is 16.5. The summed E-state index contributed by atoms with van der Waals surface area (Å²) in [5.74, 6) is 0.869. The van der Waals surface area contributed by atoms with Gasteiger partial charge in [0.25, 0.3) is 0 Å². The van der Waals surface area contributed by atoms with E-state index in [9.17, 15) is 0 Å². The molecule has 1 aromatic carbocycles. The minimum Gasteiger partial charge on any atom is -0.497 e. The molecule has 2 heteroatoms. The molecule has 1 rings (SSSR count). The number of hydrogen-bond acceptors (Lipinski definition) is 2. The minimum atomic E-state index is 0.869. The van der Waals surface area contributed by atoms with Crippen LogP contribution in [-0.2, 0) is 0 Å². The summed E-state index contributed by atoms with van der Waals surface area (Å²) in [7, 11) is 3.58. The Morgan fingerprint density at radius 2 is 2.21 bits per heavy atom. The van der Waals surface area contributed by atoms with E-state index in [1.807, 2.05) is 25.2 Å². The number of hydrogen-bond donors (Lipinski definition) is 1. The standard InChI is InChI=1S/C12H17NO/c1-5-9(2)11-8-10(14-4)6-7-12(11)13-3/h6-8,13H,2,5H2,1,3-4H3. The highest BCUT2D eigenvalue weighted by molar-refractivity contribution is 5.76. The fourth-order valence-corrected chi connectivity index (χ4v) is 1.35. The molecule has 0 aliphatic heterocycles. The zero-order valence-electron chi connectivity index (χ0n) is 9.05. The molecule has 0 aliphatic rings. The molecule has 0 bridgehead atoms. The quantitative estimate of drug-likeness (QED) is 0.789. The van der Waals surface area contributed by atoms with E-state index >= 15 is 0 Å². The summed E-state index contributed by atoms with van der Waals surface area (Å²) in [6.07, 6.45) is 0.946. The molecule has 14 heavy (non-hydrogen) atoms. The van der Waals surface area contributed by atoms with Gasteiger partial charge in [-0.15, -0.1) is 0 Å². The van der Waals surface area contributed by atoms with Crippen LogP contribution in [0.5, 0.6) is 5.75 Å². The number of methoxy groups -OCH3 is 1. The summed E-state index contributed by atoms with van der Waals surface area (Å²) in [6, 6.07) is 5.96. The topological polar surface area (TPSA) is 21.3 Å². The first kappa shape index (κ1) is 10.6. The van der Waals surface area contributed by atoms with Crippen molar-refractivity contribution in [1.82, 2.24) is 0 Å². The van der Waals surface area contributed by atoms with Gasteiger partial charge >= 0.3 is 0 Å². The van der Waals surface area contributed by atoms with Gasteiger partial charge in [0.2, 0.25) is 0 Å². The fraction of sp³-hybridized carbons (Fsp3) is 0.333. The summed E-state index contributed by atoms with van der Waals surface area (Å²) in [6.45, 7) is 6.13. The van der Waals surface area contributed by atoms with Gasteiger partial charge in [-0.25, -0.2) is 0 Å². The molecular formula is C12H17NO. The second-order valence-electron chi connectivity index (χ2n) is 3.12. The summed E-state index contributed by atoms with van der Waals surface area (Å²) >= 11 is 0. The second kappa shape index (κ2) is 4.70. The first-order chi connectivity index (χ1) is 6.72. The molecule has 1 N–H and O–H groups in total. The molecule has 0 fully saturated rings. The van der Waals surface area contributed by atoms with E-state index in [0.29, 0.717) is 0 Å². The van der Waals surface area contributed by atoms with Gasteiger partial charge < -0.3 is 10.1 Å². The average Bonchev–Trinajstić information content (AvgIpc) is 2.27. The predicted octanol–water partition coefficient (Wildman–Crippen LogP) is 3.16. The Balaban J connectivity index is 3.14. The van der Waals surface area contributed by atoms with Crippen LogP contribution in [0.25, 0.3) is 5.57 Å². The van der Waals surface area contributed by atoms with Gasteiger partial charge in [0.15, 0.2) is 0 Å². The number of benzene rings is 1. The van der Waals surface area contributed by atoms with Crippen LogP contribution in [0.4, 0.5) is 5.69 Å². The summed E-state index contributed by atoms with van der Waals surface area (Å²) < 4.78 is 5.18. The van der Waals surface area contributed by atoms with Crippen molar-refractivity contribution in [3.8, 4) is 5.75 Å². The number of allylic oxidation sites excluding steroid dienone is 1. The summed E-state index contributed by atoms with van der Waals surface area (Å²) in [5.41, 5.74) is 3.35. The fourth-order valence-electron chi connectivity index (χ4n) is 1.35. The first-order valence-electron chi connectivity index (χ1n) is 4.76. The Kier molecular flexibility index (Phi) is 3.57. The molecule has 0 saturated heterocycles. The van der Waals surface area contributed by atoms with E-state index in [1.54, 1.807) is 7.11 Å². The van der Waals surface area contributed by atoms with Gasteiger partial charge in [-0.2, -0.15) is 0 Å². The molecule has 0 radical (unpaired) electrons. The van der Waals surface area contributed by atoms with Gasteiger partial charge in [-0.1, -0.05) is 13.5 Å². The van der Waals surface area contributed by atoms with Crippen LogP contribution < -0.4 is 10.1 Å². The van der Waals surface area contributed by atoms with E-state index < -0.39 is 0 Å². The molecule has 76 valence electrons. The predicted molar refractivity (Wildman–Crippen MR) is 61.9 cm³/mol. The molecule has 0 heterocycles. The third-order valence-electron chi connectivity index (χ3n) is 2.30. The van der Waals surface area contributed by atoms with Crippen molar-refractivity contribution in [2.45, 2.75) is 13.3 Å². The lowest BCUT2D eigenvalue weighted by atomic mass is 10.0. The van der Waals surface area contributed by atoms with E-state index in [1.165, 1.54) is 0 Å². The monoisotopic (exact) mass is 191 g/mol. The van der Waals surface area contributed by atoms with Crippen molar-refractivity contribution < 1.29 is 4.74 Å². The van der Waals surface area contributed by atoms with Gasteiger partial charge in [0.05, 0.1) is 7.11 Å². The van der Waals surface area contributed by atoms with Crippen molar-refractivity contribution in [1.29, 1.82) is 0 Å². The summed E-state index contributed by atoms with van der Waals surface area (Å²) in [5, 5.41) is 3.15. The maximum atomic E-state index is 5.18. The molecule has 0 saturated carbocycles. The molecule has 0 amide bonds. The Labute approximate surface area is 85.6 Å². The molecule has 0 spiro atoms. The second-order valence-corrected chi connectivity index (χ2v) is 3.12. The molecule has 0 aliphatic carbocycles. The van der Waals surface area contributed by atoms with E-state index in [2.05, 4.69) is 18.8 Å². The SMILES string of the molecule is C=C(CC)c1cc(OC)ccc1NC. The highest BCUT2D eigenvalue weighted by Crippen LogP contribution is 2.28. The zero-order chi connectivity index (χ0) is 10.6. The molecular weight excluding hydrogens is 174 g/mol. The van der Waals surface area contributed by atoms with Crippen LogP contribution in [0.3, 0.4) is 0 Å². The largest absolute Gasteiger partial charge is 0.497 e. The lowest BCUT2D eigenvalue weighted by Crippen LogP contribution is -1.95. The van der Waals surface area contributed by atoms with Gasteiger partial charge in [0, 0.05) is 18.3 Å². The number of ether oxygens (including phenoxy) is 1. The highest BCUT2D eigenvalue weighted by Gasteiger charge is 2.04. The van der Waals surface area contributed by atoms with E-state index in [0.717, 1.165) is 29.0 Å². The minimum absolute atomic E-state index is 0.869. The molecule has 2 nitrogen and oxygen atoms in total. The Bertz CT molecular complexity index is 331. The normalized spacial score (nSPS) is 9.64. The molecule has 0 atom stereocenters. The Morgan fingerprint density at radius 1 is 1.50 bits per heavy atom. The average molecular weight is 191 g/mol. The van der Waals surface area contributed by atoms with Crippen LogP contribution in [0, 0.1) is 0 Å². The lowest BCUT2D eigenvalue weighted by Gasteiger charge is -2.11. The van der Waals surface area contributed by atoms with Crippen LogP contribution in [0.15, 0.2) is 24.8 Å². The maximum Gasteiger partial charge on any atom is 0.119 e. The van der Waals surface area contributed by atoms with Crippen LogP contribution in [0.1, 0.15) is 18.9 Å². The Morgan fingerprint density at radius 3 is 2.71 bits per heavy atom. The Hall–Kier alpha value is -1.44. The molecule has 0 unspecified atom stereocenters. The van der Waals surface area contributed by atoms with Crippen molar-refractivity contribution in [3.05, 3.63) is 30.3 Å². The summed E-state index contributed by atoms with van der Waals surface area (Å²) in [4.78, 5) is 0. The first-order valence-corrected chi connectivity index (χ1v) is 4.76. The van der Waals surface area contributed by atoms with Crippen molar-refractivity contribution in [3.63, 3.8) is 0 Å². The third-order valence-corrected chi connectivity index (χ3v) is 2.30. The van der Waals surface area contributed by atoms with E-state index in [4.69, 9.17) is 4.74 Å². The molecule has 1 aromatic rings. The number of nitrogens with one attached hydrogen (secondary N) is 1. The van der Waals surface area contributed by atoms with Crippen LogP contribution in [0.2, 0.25) is 0 Å².